The average Bonchev–Trinajstić information content (AvgIpc) is 3.30. The number of hydrogen-bond donors (Lipinski definition) is 2. The number of carbonyl (C=O) groups is 2. The third kappa shape index (κ3) is 5.60. The first-order valence-electron chi connectivity index (χ1n) is 13.0. The summed E-state index contributed by atoms with van der Waals surface area (Å²) in [6.07, 6.45) is 0. The minimum absolute atomic E-state index is 0.183. The van der Waals surface area contributed by atoms with Crippen LogP contribution in [-0.4, -0.2) is 45.0 Å². The van der Waals surface area contributed by atoms with Gasteiger partial charge in [0.15, 0.2) is 0 Å². The molecular formula is C33H32N4O3. The molecule has 202 valence electrons. The molecule has 0 saturated carbocycles. The Bertz CT molecular complexity index is 1560. The molecular weight excluding hydrogens is 500 g/mol. The highest BCUT2D eigenvalue weighted by Gasteiger charge is 2.30. The van der Waals surface area contributed by atoms with Crippen LogP contribution in [0, 0.1) is 0 Å². The second kappa shape index (κ2) is 11.5. The molecule has 0 aliphatic carbocycles. The van der Waals surface area contributed by atoms with Crippen molar-refractivity contribution in [3.8, 4) is 5.75 Å². The predicted octanol–water partition coefficient (Wildman–Crippen LogP) is 5.97. The Morgan fingerprint density at radius 1 is 0.850 bits per heavy atom. The van der Waals surface area contributed by atoms with E-state index < -0.39 is 0 Å². The zero-order valence-corrected chi connectivity index (χ0v) is 23.1. The summed E-state index contributed by atoms with van der Waals surface area (Å²) < 4.78 is 5.23. The van der Waals surface area contributed by atoms with Crippen molar-refractivity contribution in [2.24, 2.45) is 0 Å². The van der Waals surface area contributed by atoms with E-state index in [9.17, 15) is 9.59 Å². The molecule has 1 aliphatic rings. The second-order valence-electron chi connectivity index (χ2n) is 9.95. The van der Waals surface area contributed by atoms with E-state index in [1.165, 1.54) is 5.56 Å². The Morgan fingerprint density at radius 2 is 1.55 bits per heavy atom. The van der Waals surface area contributed by atoms with Crippen LogP contribution in [-0.2, 0) is 11.3 Å². The summed E-state index contributed by atoms with van der Waals surface area (Å²) in [5.41, 5.74) is 6.64. The molecule has 4 aromatic rings. The molecule has 0 saturated heterocycles. The van der Waals surface area contributed by atoms with Gasteiger partial charge < -0.3 is 25.2 Å². The van der Waals surface area contributed by atoms with Crippen molar-refractivity contribution in [2.75, 3.05) is 43.8 Å². The fourth-order valence-electron chi connectivity index (χ4n) is 4.75. The minimum Gasteiger partial charge on any atom is -0.497 e. The van der Waals surface area contributed by atoms with Gasteiger partial charge in [0.25, 0.3) is 11.8 Å². The van der Waals surface area contributed by atoms with Crippen molar-refractivity contribution >= 4 is 40.1 Å². The number of ether oxygens (including phenoxy) is 1. The SMILES string of the molecule is COc1ccc(N(C)C(=O)c2ccc3c(c2)/C(=C(/Nc2ccc(CN(C)C)cc2)c2ccccc2)C(=O)N3)cc1. The Morgan fingerprint density at radius 3 is 2.20 bits per heavy atom. The fraction of sp³-hybridized carbons (Fsp3) is 0.152. The van der Waals surface area contributed by atoms with Crippen molar-refractivity contribution < 1.29 is 14.3 Å². The number of benzene rings is 4. The van der Waals surface area contributed by atoms with Gasteiger partial charge in [-0.05, 0) is 79.8 Å². The van der Waals surface area contributed by atoms with Gasteiger partial charge in [-0.1, -0.05) is 42.5 Å². The average molecular weight is 533 g/mol. The summed E-state index contributed by atoms with van der Waals surface area (Å²) in [4.78, 5) is 30.6. The van der Waals surface area contributed by atoms with Gasteiger partial charge in [-0.25, -0.2) is 0 Å². The summed E-state index contributed by atoms with van der Waals surface area (Å²) in [5.74, 6) is 0.311. The Kier molecular flexibility index (Phi) is 7.66. The number of anilines is 3. The summed E-state index contributed by atoms with van der Waals surface area (Å²) in [6.45, 7) is 0.838. The highest BCUT2D eigenvalue weighted by molar-refractivity contribution is 6.37. The first kappa shape index (κ1) is 26.7. The topological polar surface area (TPSA) is 73.9 Å². The maximum atomic E-state index is 13.5. The zero-order valence-electron chi connectivity index (χ0n) is 23.1. The standard InChI is InChI=1S/C33H32N4O3/c1-36(2)21-22-10-13-25(14-11-22)34-31(23-8-6-5-7-9-23)30-28-20-24(12-19-29(28)35-32(30)38)33(39)37(3)26-15-17-27(40-4)18-16-26/h5-20,34H,21H2,1-4H3,(H,35,38)/b31-30-. The van der Waals surface area contributed by atoms with Gasteiger partial charge in [0.1, 0.15) is 5.75 Å². The van der Waals surface area contributed by atoms with Crippen molar-refractivity contribution in [2.45, 2.75) is 6.54 Å². The van der Waals surface area contributed by atoms with E-state index in [2.05, 4.69) is 27.7 Å². The van der Waals surface area contributed by atoms with Crippen molar-refractivity contribution in [1.82, 2.24) is 4.90 Å². The molecule has 2 N–H and O–H groups in total. The third-order valence-electron chi connectivity index (χ3n) is 6.81. The minimum atomic E-state index is -0.223. The molecule has 0 bridgehead atoms. The number of nitrogens with zero attached hydrogens (tertiary/aromatic N) is 2. The maximum Gasteiger partial charge on any atom is 0.258 e. The van der Waals surface area contributed by atoms with E-state index in [4.69, 9.17) is 4.74 Å². The number of carbonyl (C=O) groups excluding carboxylic acids is 2. The lowest BCUT2D eigenvalue weighted by molar-refractivity contribution is -0.110. The summed E-state index contributed by atoms with van der Waals surface area (Å²) in [7, 11) is 7.41. The lowest BCUT2D eigenvalue weighted by atomic mass is 9.98. The fourth-order valence-corrected chi connectivity index (χ4v) is 4.75. The number of hydrogen-bond acceptors (Lipinski definition) is 5. The molecule has 0 radical (unpaired) electrons. The number of nitrogens with one attached hydrogen (secondary N) is 2. The lowest BCUT2D eigenvalue weighted by Crippen LogP contribution is -2.26. The molecule has 0 unspecified atom stereocenters. The van der Waals surface area contributed by atoms with Crippen LogP contribution in [0.4, 0.5) is 17.1 Å². The van der Waals surface area contributed by atoms with E-state index in [0.717, 1.165) is 29.2 Å². The van der Waals surface area contributed by atoms with Gasteiger partial charge in [-0.15, -0.1) is 0 Å². The van der Waals surface area contributed by atoms with Gasteiger partial charge in [0, 0.05) is 41.8 Å². The zero-order chi connectivity index (χ0) is 28.2. The molecule has 0 atom stereocenters. The molecule has 1 heterocycles. The lowest BCUT2D eigenvalue weighted by Gasteiger charge is -2.19. The van der Waals surface area contributed by atoms with Crippen molar-refractivity contribution in [3.63, 3.8) is 0 Å². The quantitative estimate of drug-likeness (QED) is 0.274. The van der Waals surface area contributed by atoms with Gasteiger partial charge in [-0.3, -0.25) is 9.59 Å². The number of amides is 2. The Hall–Kier alpha value is -4.88. The van der Waals surface area contributed by atoms with E-state index in [-0.39, 0.29) is 11.8 Å². The summed E-state index contributed by atoms with van der Waals surface area (Å²) in [6, 6.07) is 30.5. The van der Waals surface area contributed by atoms with Gasteiger partial charge >= 0.3 is 0 Å². The second-order valence-corrected chi connectivity index (χ2v) is 9.95. The van der Waals surface area contributed by atoms with Gasteiger partial charge in [0.05, 0.1) is 18.4 Å². The van der Waals surface area contributed by atoms with E-state index in [1.54, 1.807) is 37.3 Å². The molecule has 1 aliphatic heterocycles. The van der Waals surface area contributed by atoms with Crippen LogP contribution >= 0.6 is 0 Å². The Labute approximate surface area is 234 Å². The largest absolute Gasteiger partial charge is 0.497 e. The number of methoxy groups -OCH3 is 1. The number of rotatable bonds is 8. The van der Waals surface area contributed by atoms with E-state index in [0.29, 0.717) is 28.1 Å². The van der Waals surface area contributed by atoms with Gasteiger partial charge in [0.2, 0.25) is 0 Å². The molecule has 5 rings (SSSR count). The molecule has 7 heteroatoms. The summed E-state index contributed by atoms with van der Waals surface area (Å²) in [5, 5.41) is 6.47. The van der Waals surface area contributed by atoms with Gasteiger partial charge in [-0.2, -0.15) is 0 Å². The van der Waals surface area contributed by atoms with Crippen LogP contribution in [0.3, 0.4) is 0 Å². The first-order valence-corrected chi connectivity index (χ1v) is 13.0. The van der Waals surface area contributed by atoms with Crippen LogP contribution in [0.2, 0.25) is 0 Å². The molecule has 0 aromatic heterocycles. The molecule has 7 nitrogen and oxygen atoms in total. The predicted molar refractivity (Wildman–Crippen MR) is 162 cm³/mol. The normalized spacial score (nSPS) is 13.5. The first-order chi connectivity index (χ1) is 19.3. The van der Waals surface area contributed by atoms with E-state index >= 15 is 0 Å². The molecule has 0 spiro atoms. The smallest absolute Gasteiger partial charge is 0.258 e. The highest BCUT2D eigenvalue weighted by Crippen LogP contribution is 2.38. The Balaban J connectivity index is 1.54. The summed E-state index contributed by atoms with van der Waals surface area (Å²) >= 11 is 0. The van der Waals surface area contributed by atoms with Crippen LogP contribution < -0.4 is 20.3 Å². The van der Waals surface area contributed by atoms with Crippen LogP contribution in [0.5, 0.6) is 5.75 Å². The van der Waals surface area contributed by atoms with Crippen LogP contribution in [0.25, 0.3) is 11.3 Å². The maximum absolute atomic E-state index is 13.5. The highest BCUT2D eigenvalue weighted by atomic mass is 16.5. The molecule has 2 amide bonds. The van der Waals surface area contributed by atoms with Crippen molar-refractivity contribution in [1.29, 1.82) is 0 Å². The number of fused-ring (bicyclic) bond motifs is 1. The van der Waals surface area contributed by atoms with Crippen molar-refractivity contribution in [3.05, 3.63) is 119 Å². The molecule has 4 aromatic carbocycles. The van der Waals surface area contributed by atoms with Crippen LogP contribution in [0.1, 0.15) is 27.0 Å². The van der Waals surface area contributed by atoms with E-state index in [1.807, 2.05) is 80.8 Å². The molecule has 0 fully saturated rings. The molecule has 40 heavy (non-hydrogen) atoms. The van der Waals surface area contributed by atoms with Crippen LogP contribution in [0.15, 0.2) is 97.1 Å². The monoisotopic (exact) mass is 532 g/mol. The third-order valence-corrected chi connectivity index (χ3v) is 6.81.